The van der Waals surface area contributed by atoms with Crippen molar-refractivity contribution < 1.29 is 18.3 Å². The van der Waals surface area contributed by atoms with E-state index >= 15 is 0 Å². The summed E-state index contributed by atoms with van der Waals surface area (Å²) < 4.78 is 24.1. The number of β-amino-alcohol motifs (C(OH)–C–C–N with tert-alkyl or cyclic N) is 1. The van der Waals surface area contributed by atoms with Crippen LogP contribution in [0.4, 0.5) is 5.82 Å². The second-order valence-electron chi connectivity index (χ2n) is 8.31. The van der Waals surface area contributed by atoms with Crippen molar-refractivity contribution in [3.05, 3.63) is 59.3 Å². The van der Waals surface area contributed by atoms with Crippen molar-refractivity contribution in [3.8, 4) is 0 Å². The topological polar surface area (TPSA) is 103 Å². The van der Waals surface area contributed by atoms with Crippen LogP contribution < -0.4 is 5.32 Å². The third-order valence-electron chi connectivity index (χ3n) is 5.76. The number of pyridine rings is 1. The Balaban J connectivity index is 1.44. The molecule has 1 aliphatic heterocycles. The minimum absolute atomic E-state index is 0.0493. The molecule has 0 spiro atoms. The second kappa shape index (κ2) is 11.0. The van der Waals surface area contributed by atoms with Crippen LogP contribution in [0.15, 0.2) is 42.6 Å². The molecule has 1 aromatic heterocycles. The lowest BCUT2D eigenvalue weighted by Crippen LogP contribution is -2.36. The maximum Gasteiger partial charge on any atom is 0.211 e. The van der Waals surface area contributed by atoms with Crippen LogP contribution in [-0.2, 0) is 23.0 Å². The molecule has 0 unspecified atom stereocenters. The zero-order valence-corrected chi connectivity index (χ0v) is 19.5. The van der Waals surface area contributed by atoms with E-state index in [1.807, 2.05) is 6.07 Å². The Morgan fingerprint density at radius 2 is 2.03 bits per heavy atom. The third-order valence-corrected chi connectivity index (χ3v) is 7.08. The largest absolute Gasteiger partial charge is 0.392 e. The Kier molecular flexibility index (Phi) is 8.36. The average molecular weight is 461 g/mol. The van der Waals surface area contributed by atoms with Gasteiger partial charge in [-0.3, -0.25) is 9.69 Å². The molecule has 8 nitrogen and oxygen atoms in total. The molecule has 0 aliphatic carbocycles. The number of likely N-dealkylation sites (N-methyl/N-ethyl adjacent to an activating group) is 1. The van der Waals surface area contributed by atoms with Crippen LogP contribution in [0.5, 0.6) is 0 Å². The van der Waals surface area contributed by atoms with Crippen molar-refractivity contribution in [1.82, 2.24) is 14.2 Å². The molecule has 1 aliphatic rings. The molecule has 0 radical (unpaired) electrons. The standard InChI is InChI=1S/C23H32N4O4S/c1-26(32(2,30)31)14-12-25-23-15-19(9-11-24-23)22(29)8-7-21(28)17-27-13-10-18-5-3-4-6-20(18)16-27/h3-6,9,11,15,21,28H,7-8,10,12-14,16-17H2,1-2H3,(H,24,25)/t21-/m0/s1. The number of fused-ring (bicyclic) bond motifs is 1. The van der Waals surface area contributed by atoms with Crippen molar-refractivity contribution in [1.29, 1.82) is 0 Å². The Hall–Kier alpha value is -2.33. The van der Waals surface area contributed by atoms with Crippen LogP contribution in [0.1, 0.15) is 34.3 Å². The van der Waals surface area contributed by atoms with Crippen LogP contribution >= 0.6 is 0 Å². The summed E-state index contributed by atoms with van der Waals surface area (Å²) in [6.07, 6.45) is 3.79. The minimum Gasteiger partial charge on any atom is -0.392 e. The molecule has 32 heavy (non-hydrogen) atoms. The summed E-state index contributed by atoms with van der Waals surface area (Å²) >= 11 is 0. The molecular weight excluding hydrogens is 428 g/mol. The number of hydrogen-bond donors (Lipinski definition) is 2. The van der Waals surface area contributed by atoms with Gasteiger partial charge in [-0.15, -0.1) is 0 Å². The number of nitrogens with zero attached hydrogens (tertiary/aromatic N) is 3. The quantitative estimate of drug-likeness (QED) is 0.493. The van der Waals surface area contributed by atoms with Gasteiger partial charge in [-0.1, -0.05) is 24.3 Å². The van der Waals surface area contributed by atoms with Gasteiger partial charge in [0, 0.05) is 58.0 Å². The Morgan fingerprint density at radius 1 is 1.28 bits per heavy atom. The van der Waals surface area contributed by atoms with E-state index in [1.165, 1.54) is 22.5 Å². The highest BCUT2D eigenvalue weighted by molar-refractivity contribution is 7.88. The van der Waals surface area contributed by atoms with Gasteiger partial charge in [0.2, 0.25) is 10.0 Å². The minimum atomic E-state index is -3.23. The molecule has 174 valence electrons. The normalized spacial score (nSPS) is 15.4. The van der Waals surface area contributed by atoms with Crippen LogP contribution in [-0.4, -0.2) is 79.1 Å². The molecule has 0 fully saturated rings. The summed E-state index contributed by atoms with van der Waals surface area (Å²) in [6, 6.07) is 11.7. The van der Waals surface area contributed by atoms with Gasteiger partial charge >= 0.3 is 0 Å². The molecule has 2 N–H and O–H groups in total. The molecule has 2 aromatic rings. The van der Waals surface area contributed by atoms with Gasteiger partial charge in [0.15, 0.2) is 5.78 Å². The number of ketones is 1. The number of sulfonamides is 1. The lowest BCUT2D eigenvalue weighted by atomic mass is 9.99. The van der Waals surface area contributed by atoms with E-state index in [1.54, 1.807) is 18.3 Å². The molecule has 3 rings (SSSR count). The summed E-state index contributed by atoms with van der Waals surface area (Å²) in [4.78, 5) is 19.0. The summed E-state index contributed by atoms with van der Waals surface area (Å²) in [5.41, 5.74) is 3.21. The molecule has 1 atom stereocenters. The number of rotatable bonds is 11. The Bertz CT molecular complexity index is 1030. The average Bonchev–Trinajstić information content (AvgIpc) is 2.77. The third kappa shape index (κ3) is 7.09. The van der Waals surface area contributed by atoms with Crippen molar-refractivity contribution in [2.45, 2.75) is 31.9 Å². The molecule has 9 heteroatoms. The summed E-state index contributed by atoms with van der Waals surface area (Å²) in [7, 11) is -1.72. The summed E-state index contributed by atoms with van der Waals surface area (Å²) in [5, 5.41) is 13.5. The van der Waals surface area contributed by atoms with Gasteiger partial charge in [-0.25, -0.2) is 17.7 Å². The lowest BCUT2D eigenvalue weighted by molar-refractivity contribution is 0.0837. The number of carbonyl (C=O) groups excluding carboxylic acids is 1. The predicted octanol–water partition coefficient (Wildman–Crippen LogP) is 1.77. The Morgan fingerprint density at radius 3 is 2.78 bits per heavy atom. The number of carbonyl (C=O) groups is 1. The molecule has 1 aromatic carbocycles. The van der Waals surface area contributed by atoms with Gasteiger partial charge in [0.1, 0.15) is 5.82 Å². The van der Waals surface area contributed by atoms with Crippen LogP contribution in [0.2, 0.25) is 0 Å². The smallest absolute Gasteiger partial charge is 0.211 e. The van der Waals surface area contributed by atoms with Gasteiger partial charge in [-0.05, 0) is 36.1 Å². The zero-order valence-electron chi connectivity index (χ0n) is 18.7. The lowest BCUT2D eigenvalue weighted by Gasteiger charge is -2.30. The maximum atomic E-state index is 12.6. The van der Waals surface area contributed by atoms with Crippen molar-refractivity contribution >= 4 is 21.6 Å². The monoisotopic (exact) mass is 460 g/mol. The number of benzene rings is 1. The highest BCUT2D eigenvalue weighted by Gasteiger charge is 2.19. The molecule has 0 saturated carbocycles. The SMILES string of the molecule is CN(CCNc1cc(C(=O)CC[C@H](O)CN2CCc3ccccc3C2)ccn1)S(C)(=O)=O. The fourth-order valence-electron chi connectivity index (χ4n) is 3.75. The van der Waals surface area contributed by atoms with E-state index in [9.17, 15) is 18.3 Å². The van der Waals surface area contributed by atoms with Gasteiger partial charge in [-0.2, -0.15) is 0 Å². The number of anilines is 1. The number of hydrogen-bond acceptors (Lipinski definition) is 7. The van der Waals surface area contributed by atoms with Gasteiger partial charge in [0.25, 0.3) is 0 Å². The van der Waals surface area contributed by atoms with E-state index in [0.717, 1.165) is 25.8 Å². The second-order valence-corrected chi connectivity index (χ2v) is 10.4. The highest BCUT2D eigenvalue weighted by Crippen LogP contribution is 2.19. The van der Waals surface area contributed by atoms with E-state index < -0.39 is 16.1 Å². The molecule has 0 amide bonds. The van der Waals surface area contributed by atoms with Crippen molar-refractivity contribution in [3.63, 3.8) is 0 Å². The van der Waals surface area contributed by atoms with E-state index in [0.29, 0.717) is 37.4 Å². The fraction of sp³-hybridized carbons (Fsp3) is 0.478. The van der Waals surface area contributed by atoms with Gasteiger partial charge in [0.05, 0.1) is 12.4 Å². The van der Waals surface area contributed by atoms with E-state index in [2.05, 4.69) is 33.4 Å². The Labute approximate surface area is 190 Å². The van der Waals surface area contributed by atoms with E-state index in [-0.39, 0.29) is 12.2 Å². The first kappa shape index (κ1) is 24.3. The van der Waals surface area contributed by atoms with Gasteiger partial charge < -0.3 is 10.4 Å². The molecule has 2 heterocycles. The first-order chi connectivity index (χ1) is 15.2. The molecule has 0 saturated heterocycles. The summed E-state index contributed by atoms with van der Waals surface area (Å²) in [5.74, 6) is 0.469. The molecular formula is C23H32N4O4S. The fourth-order valence-corrected chi connectivity index (χ4v) is 4.17. The number of aliphatic hydroxyl groups excluding tert-OH is 1. The number of Topliss-reactive ketones (excluding diaryl/α,β-unsaturated/α-hetero) is 1. The van der Waals surface area contributed by atoms with Crippen molar-refractivity contribution in [2.75, 3.05) is 44.8 Å². The summed E-state index contributed by atoms with van der Waals surface area (Å²) in [6.45, 7) is 2.97. The molecule has 0 bridgehead atoms. The maximum absolute atomic E-state index is 12.6. The van der Waals surface area contributed by atoms with E-state index in [4.69, 9.17) is 0 Å². The first-order valence-electron chi connectivity index (χ1n) is 10.8. The number of aromatic nitrogens is 1. The van der Waals surface area contributed by atoms with Crippen LogP contribution in [0.25, 0.3) is 0 Å². The first-order valence-corrected chi connectivity index (χ1v) is 12.7. The van der Waals surface area contributed by atoms with Crippen LogP contribution in [0.3, 0.4) is 0 Å². The zero-order chi connectivity index (χ0) is 23.1. The predicted molar refractivity (Wildman–Crippen MR) is 125 cm³/mol. The highest BCUT2D eigenvalue weighted by atomic mass is 32.2. The van der Waals surface area contributed by atoms with Crippen molar-refractivity contribution in [2.24, 2.45) is 0 Å². The number of aliphatic hydroxyl groups is 1. The number of nitrogens with one attached hydrogen (secondary N) is 1. The van der Waals surface area contributed by atoms with Crippen LogP contribution in [0, 0.1) is 0 Å².